The molecule has 1 heterocycles. The number of rotatable bonds is 9. The van der Waals surface area contributed by atoms with Crippen LogP contribution in [-0.4, -0.2) is 68.2 Å². The van der Waals surface area contributed by atoms with Gasteiger partial charge in [0, 0.05) is 50.6 Å². The van der Waals surface area contributed by atoms with E-state index in [1.165, 1.54) is 0 Å². The Morgan fingerprint density at radius 1 is 1.30 bits per heavy atom. The minimum absolute atomic E-state index is 0.0142. The van der Waals surface area contributed by atoms with Gasteiger partial charge >= 0.3 is 6.03 Å². The minimum Gasteiger partial charge on any atom is -0.383 e. The van der Waals surface area contributed by atoms with Gasteiger partial charge in [-0.1, -0.05) is 13.0 Å². The number of hydrogen-bond donors (Lipinski definition) is 2. The van der Waals surface area contributed by atoms with Crippen LogP contribution in [-0.2, 0) is 9.53 Å². The van der Waals surface area contributed by atoms with Crippen molar-refractivity contribution in [3.8, 4) is 0 Å². The van der Waals surface area contributed by atoms with E-state index in [1.54, 1.807) is 13.2 Å². The van der Waals surface area contributed by atoms with Crippen LogP contribution in [0, 0.1) is 0 Å². The van der Waals surface area contributed by atoms with Gasteiger partial charge in [-0.05, 0) is 44.5 Å². The van der Waals surface area contributed by atoms with E-state index < -0.39 is 0 Å². The normalized spacial score (nSPS) is 16.6. The van der Waals surface area contributed by atoms with Crippen molar-refractivity contribution in [2.75, 3.05) is 51.0 Å². The van der Waals surface area contributed by atoms with Crippen molar-refractivity contribution >= 4 is 23.3 Å². The van der Waals surface area contributed by atoms with Gasteiger partial charge < -0.3 is 25.2 Å². The molecule has 0 bridgehead atoms. The number of nitrogens with one attached hydrogen (secondary N) is 2. The van der Waals surface area contributed by atoms with Crippen molar-refractivity contribution in [2.45, 2.75) is 38.6 Å². The van der Waals surface area contributed by atoms with Crippen molar-refractivity contribution < 1.29 is 14.3 Å². The minimum atomic E-state index is -0.0883. The molecule has 27 heavy (non-hydrogen) atoms. The predicted molar refractivity (Wildman–Crippen MR) is 108 cm³/mol. The Bertz CT molecular complexity index is 623. The quantitative estimate of drug-likeness (QED) is 0.695. The van der Waals surface area contributed by atoms with Crippen LogP contribution >= 0.6 is 0 Å². The average molecular weight is 377 g/mol. The van der Waals surface area contributed by atoms with Gasteiger partial charge in [0.2, 0.25) is 5.91 Å². The van der Waals surface area contributed by atoms with Crippen LogP contribution in [0.2, 0.25) is 0 Å². The maximum atomic E-state index is 12.7. The first-order chi connectivity index (χ1) is 13.0. The molecule has 1 aliphatic heterocycles. The molecular formula is C20H32N4O3. The van der Waals surface area contributed by atoms with Crippen LogP contribution in [0.4, 0.5) is 16.2 Å². The van der Waals surface area contributed by atoms with E-state index in [0.717, 1.165) is 38.9 Å². The van der Waals surface area contributed by atoms with Crippen LogP contribution in [0.25, 0.3) is 0 Å². The van der Waals surface area contributed by atoms with E-state index >= 15 is 0 Å². The lowest BCUT2D eigenvalue weighted by molar-refractivity contribution is -0.116. The van der Waals surface area contributed by atoms with Crippen LogP contribution in [0.5, 0.6) is 0 Å². The number of likely N-dealkylation sites (tertiary alicyclic amines) is 1. The largest absolute Gasteiger partial charge is 0.383 e. The first kappa shape index (κ1) is 21.2. The lowest BCUT2D eigenvalue weighted by atomic mass is 10.2. The number of ether oxygens (including phenoxy) is 1. The summed E-state index contributed by atoms with van der Waals surface area (Å²) in [6, 6.07) is 7.41. The highest BCUT2D eigenvalue weighted by atomic mass is 16.5. The summed E-state index contributed by atoms with van der Waals surface area (Å²) in [4.78, 5) is 28.6. The zero-order valence-corrected chi connectivity index (χ0v) is 16.7. The summed E-state index contributed by atoms with van der Waals surface area (Å²) in [6.45, 7) is 5.11. The number of nitrogens with zero attached hydrogens (tertiary/aromatic N) is 2. The summed E-state index contributed by atoms with van der Waals surface area (Å²) in [5.41, 5.74) is 1.39. The second-order valence-corrected chi connectivity index (χ2v) is 7.05. The van der Waals surface area contributed by atoms with E-state index in [2.05, 4.69) is 22.6 Å². The van der Waals surface area contributed by atoms with Gasteiger partial charge in [0.05, 0.1) is 6.61 Å². The maximum absolute atomic E-state index is 12.7. The van der Waals surface area contributed by atoms with Crippen molar-refractivity contribution in [1.82, 2.24) is 9.80 Å². The van der Waals surface area contributed by atoms with E-state index in [0.29, 0.717) is 24.4 Å². The van der Waals surface area contributed by atoms with Crippen LogP contribution in [0.1, 0.15) is 32.6 Å². The molecule has 2 rings (SSSR count). The highest BCUT2D eigenvalue weighted by Crippen LogP contribution is 2.21. The molecule has 1 aliphatic rings. The number of carbonyl (C=O) groups excluding carboxylic acids is 2. The van der Waals surface area contributed by atoms with Crippen LogP contribution in [0.15, 0.2) is 24.3 Å². The number of benzene rings is 1. The third-order valence-corrected chi connectivity index (χ3v) is 4.71. The van der Waals surface area contributed by atoms with E-state index in [9.17, 15) is 9.59 Å². The van der Waals surface area contributed by atoms with Gasteiger partial charge in [0.15, 0.2) is 0 Å². The number of urea groups is 1. The molecule has 1 aromatic carbocycles. The smallest absolute Gasteiger partial charge is 0.322 e. The summed E-state index contributed by atoms with van der Waals surface area (Å²) >= 11 is 0. The molecule has 1 aromatic rings. The fourth-order valence-corrected chi connectivity index (χ4v) is 3.31. The third kappa shape index (κ3) is 6.84. The maximum Gasteiger partial charge on any atom is 0.322 e. The van der Waals surface area contributed by atoms with Gasteiger partial charge in [-0.15, -0.1) is 0 Å². The lowest BCUT2D eigenvalue weighted by Crippen LogP contribution is -2.44. The number of hydrogen-bond acceptors (Lipinski definition) is 4. The summed E-state index contributed by atoms with van der Waals surface area (Å²) < 4.78 is 5.12. The molecule has 7 heteroatoms. The van der Waals surface area contributed by atoms with Crippen LogP contribution in [0.3, 0.4) is 0 Å². The van der Waals surface area contributed by atoms with Gasteiger partial charge in [-0.2, -0.15) is 0 Å². The average Bonchev–Trinajstić information content (AvgIpc) is 3.08. The molecule has 1 fully saturated rings. The topological polar surface area (TPSA) is 73.9 Å². The number of amides is 3. The van der Waals surface area contributed by atoms with Crippen molar-refractivity contribution in [2.24, 2.45) is 0 Å². The van der Waals surface area contributed by atoms with Crippen molar-refractivity contribution in [1.29, 1.82) is 0 Å². The van der Waals surface area contributed by atoms with Crippen molar-refractivity contribution in [3.05, 3.63) is 24.3 Å². The highest BCUT2D eigenvalue weighted by molar-refractivity contribution is 5.93. The Hall–Kier alpha value is -2.12. The monoisotopic (exact) mass is 376 g/mol. The first-order valence-corrected chi connectivity index (χ1v) is 9.68. The van der Waals surface area contributed by atoms with E-state index in [-0.39, 0.29) is 18.0 Å². The number of carbonyl (C=O) groups is 2. The molecule has 0 spiro atoms. The van der Waals surface area contributed by atoms with Gasteiger partial charge in [-0.3, -0.25) is 4.79 Å². The Kier molecular flexibility index (Phi) is 8.54. The summed E-state index contributed by atoms with van der Waals surface area (Å²) in [5.74, 6) is -0.0142. The highest BCUT2D eigenvalue weighted by Gasteiger charge is 2.29. The molecule has 0 radical (unpaired) electrons. The Morgan fingerprint density at radius 3 is 2.74 bits per heavy atom. The van der Waals surface area contributed by atoms with Crippen LogP contribution < -0.4 is 10.6 Å². The number of likely N-dealkylation sites (N-methyl/N-ethyl adjacent to an activating group) is 1. The standard InChI is InChI=1S/C20H32N4O3/c1-4-7-19(25)21-16-8-5-9-17(14-16)22-20(26)24-11-6-10-18(24)15-23(2)12-13-27-3/h5,8-9,14,18H,4,6-7,10-13,15H2,1-3H3,(H,21,25)(H,22,26). The molecule has 0 saturated carbocycles. The van der Waals surface area contributed by atoms with E-state index in [1.807, 2.05) is 30.0 Å². The Balaban J connectivity index is 1.92. The molecule has 3 amide bonds. The summed E-state index contributed by atoms with van der Waals surface area (Å²) in [5, 5.41) is 5.83. The predicted octanol–water partition coefficient (Wildman–Crippen LogP) is 3.00. The molecule has 0 aliphatic carbocycles. The first-order valence-electron chi connectivity index (χ1n) is 9.68. The van der Waals surface area contributed by atoms with Gasteiger partial charge in [0.25, 0.3) is 0 Å². The molecule has 1 atom stereocenters. The van der Waals surface area contributed by atoms with Gasteiger partial charge in [0.1, 0.15) is 0 Å². The molecule has 150 valence electrons. The summed E-state index contributed by atoms with van der Waals surface area (Å²) in [6.07, 6.45) is 3.32. The fourth-order valence-electron chi connectivity index (χ4n) is 3.31. The summed E-state index contributed by atoms with van der Waals surface area (Å²) in [7, 11) is 3.75. The second-order valence-electron chi connectivity index (χ2n) is 7.05. The van der Waals surface area contributed by atoms with Crippen molar-refractivity contribution in [3.63, 3.8) is 0 Å². The molecular weight excluding hydrogens is 344 g/mol. The Labute approximate surface area is 162 Å². The molecule has 1 saturated heterocycles. The fraction of sp³-hybridized carbons (Fsp3) is 0.600. The molecule has 0 aromatic heterocycles. The lowest BCUT2D eigenvalue weighted by Gasteiger charge is -2.28. The van der Waals surface area contributed by atoms with E-state index in [4.69, 9.17) is 4.74 Å². The second kappa shape index (κ2) is 10.9. The number of anilines is 2. The zero-order valence-electron chi connectivity index (χ0n) is 16.7. The molecule has 1 unspecified atom stereocenters. The SMILES string of the molecule is CCCC(=O)Nc1cccc(NC(=O)N2CCCC2CN(C)CCOC)c1. The molecule has 2 N–H and O–H groups in total. The third-order valence-electron chi connectivity index (χ3n) is 4.71. The number of methoxy groups -OCH3 is 1. The zero-order chi connectivity index (χ0) is 19.6. The molecule has 7 nitrogen and oxygen atoms in total. The van der Waals surface area contributed by atoms with Gasteiger partial charge in [-0.25, -0.2) is 4.79 Å². The Morgan fingerprint density at radius 2 is 2.04 bits per heavy atom.